The Bertz CT molecular complexity index is 1410. The minimum atomic E-state index is -0.302. The van der Waals surface area contributed by atoms with E-state index in [0.29, 0.717) is 23.7 Å². The Morgan fingerprint density at radius 1 is 0.833 bits per heavy atom. The Morgan fingerprint density at radius 3 is 2.31 bits per heavy atom. The fourth-order valence-corrected chi connectivity index (χ4v) is 4.31. The van der Waals surface area contributed by atoms with Gasteiger partial charge in [0.05, 0.1) is 12.3 Å². The number of ether oxygens (including phenoxy) is 3. The van der Waals surface area contributed by atoms with E-state index in [2.05, 4.69) is 5.32 Å². The minimum Gasteiger partial charge on any atom is -0.457 e. The van der Waals surface area contributed by atoms with Crippen molar-refractivity contribution in [1.29, 1.82) is 0 Å². The SMILES string of the molecule is O=C(Nc1ccc(Oc2ccccc2)cc1)N1CC(c2ccc3c(c2)OCO3)C(c2ccccc2)=N1. The number of benzene rings is 4. The lowest BCUT2D eigenvalue weighted by atomic mass is 9.90. The van der Waals surface area contributed by atoms with Gasteiger partial charge in [0.1, 0.15) is 11.5 Å². The fourth-order valence-electron chi connectivity index (χ4n) is 4.31. The molecule has 1 unspecified atom stereocenters. The number of carbonyl (C=O) groups excluding carboxylic acids is 1. The molecule has 0 aliphatic carbocycles. The minimum absolute atomic E-state index is 0.103. The lowest BCUT2D eigenvalue weighted by Crippen LogP contribution is -2.30. The van der Waals surface area contributed by atoms with Crippen molar-refractivity contribution in [2.24, 2.45) is 5.10 Å². The van der Waals surface area contributed by atoms with Gasteiger partial charge in [-0.2, -0.15) is 5.10 Å². The standard InChI is InChI=1S/C29H23N3O4/c33-29(30-22-12-14-24(15-13-22)36-23-9-5-2-6-10-23)32-18-25(28(31-32)20-7-3-1-4-8-20)21-11-16-26-27(17-21)35-19-34-26/h1-17,25H,18-19H2,(H,30,33). The maximum absolute atomic E-state index is 13.2. The molecule has 2 amide bonds. The lowest BCUT2D eigenvalue weighted by Gasteiger charge is -2.16. The molecule has 36 heavy (non-hydrogen) atoms. The summed E-state index contributed by atoms with van der Waals surface area (Å²) in [6, 6.07) is 32.3. The number of rotatable bonds is 5. The molecule has 4 aromatic carbocycles. The number of carbonyl (C=O) groups is 1. The number of hydrogen-bond acceptors (Lipinski definition) is 5. The first-order chi connectivity index (χ1) is 17.7. The van der Waals surface area contributed by atoms with Crippen LogP contribution >= 0.6 is 0 Å². The summed E-state index contributed by atoms with van der Waals surface area (Å²) in [7, 11) is 0. The van der Waals surface area contributed by atoms with Crippen LogP contribution in [-0.4, -0.2) is 30.1 Å². The van der Waals surface area contributed by atoms with Crippen LogP contribution in [0.4, 0.5) is 10.5 Å². The molecule has 178 valence electrons. The van der Waals surface area contributed by atoms with Gasteiger partial charge in [-0.1, -0.05) is 54.6 Å². The van der Waals surface area contributed by atoms with E-state index in [4.69, 9.17) is 19.3 Å². The first kappa shape index (κ1) is 21.7. The van der Waals surface area contributed by atoms with Crippen molar-refractivity contribution in [3.63, 3.8) is 0 Å². The summed E-state index contributed by atoms with van der Waals surface area (Å²) in [5.74, 6) is 2.77. The summed E-state index contributed by atoms with van der Waals surface area (Å²) < 4.78 is 16.9. The molecule has 0 saturated heterocycles. The zero-order valence-electron chi connectivity index (χ0n) is 19.3. The average molecular weight is 478 g/mol. The smallest absolute Gasteiger partial charge is 0.342 e. The number of nitrogens with zero attached hydrogens (tertiary/aromatic N) is 2. The van der Waals surface area contributed by atoms with Gasteiger partial charge in [0.25, 0.3) is 0 Å². The van der Waals surface area contributed by atoms with Gasteiger partial charge in [-0.15, -0.1) is 0 Å². The molecular weight excluding hydrogens is 454 g/mol. The molecule has 7 nitrogen and oxygen atoms in total. The van der Waals surface area contributed by atoms with E-state index in [-0.39, 0.29) is 18.7 Å². The van der Waals surface area contributed by atoms with E-state index < -0.39 is 0 Å². The number of urea groups is 1. The highest BCUT2D eigenvalue weighted by Crippen LogP contribution is 2.37. The topological polar surface area (TPSA) is 72.4 Å². The molecule has 1 atom stereocenters. The van der Waals surface area contributed by atoms with E-state index in [1.54, 1.807) is 0 Å². The quantitative estimate of drug-likeness (QED) is 0.369. The monoisotopic (exact) mass is 477 g/mol. The Morgan fingerprint density at radius 2 is 1.53 bits per heavy atom. The summed E-state index contributed by atoms with van der Waals surface area (Å²) >= 11 is 0. The van der Waals surface area contributed by atoms with Crippen LogP contribution in [0.3, 0.4) is 0 Å². The second-order valence-electron chi connectivity index (χ2n) is 8.47. The molecule has 2 heterocycles. The lowest BCUT2D eigenvalue weighted by molar-refractivity contribution is 0.174. The molecule has 2 aliphatic heterocycles. The van der Waals surface area contributed by atoms with Gasteiger partial charge in [0.15, 0.2) is 11.5 Å². The second kappa shape index (κ2) is 9.46. The molecule has 0 saturated carbocycles. The van der Waals surface area contributed by atoms with Crippen LogP contribution in [0.2, 0.25) is 0 Å². The molecule has 1 N–H and O–H groups in total. The average Bonchev–Trinajstić information content (AvgIpc) is 3.58. The molecule has 0 bridgehead atoms. The maximum Gasteiger partial charge on any atom is 0.342 e. The van der Waals surface area contributed by atoms with Crippen molar-refractivity contribution in [2.75, 3.05) is 18.7 Å². The molecule has 0 spiro atoms. The van der Waals surface area contributed by atoms with Gasteiger partial charge in [0, 0.05) is 11.6 Å². The third kappa shape index (κ3) is 4.46. The van der Waals surface area contributed by atoms with Gasteiger partial charge < -0.3 is 19.5 Å². The van der Waals surface area contributed by atoms with Crippen molar-refractivity contribution in [1.82, 2.24) is 5.01 Å². The van der Waals surface area contributed by atoms with Gasteiger partial charge in [-0.05, 0) is 59.7 Å². The number of anilines is 1. The molecule has 0 aromatic heterocycles. The van der Waals surface area contributed by atoms with Crippen molar-refractivity contribution in [3.8, 4) is 23.0 Å². The molecule has 6 rings (SSSR count). The third-order valence-corrected chi connectivity index (χ3v) is 6.10. The van der Waals surface area contributed by atoms with E-state index in [1.165, 1.54) is 5.01 Å². The Balaban J connectivity index is 1.20. The van der Waals surface area contributed by atoms with Crippen LogP contribution < -0.4 is 19.5 Å². The summed E-state index contributed by atoms with van der Waals surface area (Å²) in [5, 5.41) is 9.14. The predicted molar refractivity (Wildman–Crippen MR) is 137 cm³/mol. The Kier molecular flexibility index (Phi) is 5.71. The normalized spacial score (nSPS) is 15.9. The first-order valence-corrected chi connectivity index (χ1v) is 11.7. The summed E-state index contributed by atoms with van der Waals surface area (Å²) in [5.41, 5.74) is 3.47. The Hall–Kier alpha value is -4.78. The van der Waals surface area contributed by atoms with Crippen molar-refractivity contribution in [2.45, 2.75) is 5.92 Å². The number of hydrogen-bond donors (Lipinski definition) is 1. The molecule has 7 heteroatoms. The van der Waals surface area contributed by atoms with Gasteiger partial charge in [-0.25, -0.2) is 9.80 Å². The van der Waals surface area contributed by atoms with E-state index in [9.17, 15) is 4.79 Å². The number of hydrazone groups is 1. The maximum atomic E-state index is 13.2. The zero-order chi connectivity index (χ0) is 24.3. The van der Waals surface area contributed by atoms with Gasteiger partial charge in [-0.3, -0.25) is 0 Å². The number of para-hydroxylation sites is 1. The highest BCUT2D eigenvalue weighted by atomic mass is 16.7. The largest absolute Gasteiger partial charge is 0.457 e. The summed E-state index contributed by atoms with van der Waals surface area (Å²) in [4.78, 5) is 13.2. The number of fused-ring (bicyclic) bond motifs is 1. The van der Waals surface area contributed by atoms with Crippen molar-refractivity contribution < 1.29 is 19.0 Å². The second-order valence-corrected chi connectivity index (χ2v) is 8.47. The first-order valence-electron chi connectivity index (χ1n) is 11.7. The molecule has 0 radical (unpaired) electrons. The van der Waals surface area contributed by atoms with Gasteiger partial charge >= 0.3 is 6.03 Å². The van der Waals surface area contributed by atoms with Crippen LogP contribution in [0.1, 0.15) is 17.0 Å². The van der Waals surface area contributed by atoms with E-state index in [1.807, 2.05) is 103 Å². The van der Waals surface area contributed by atoms with Crippen LogP contribution in [0.25, 0.3) is 0 Å². The molecule has 4 aromatic rings. The van der Waals surface area contributed by atoms with E-state index in [0.717, 1.165) is 28.3 Å². The fraction of sp³-hybridized carbons (Fsp3) is 0.103. The number of nitrogens with one attached hydrogen (secondary N) is 1. The summed E-state index contributed by atoms with van der Waals surface area (Å²) in [6.07, 6.45) is 0. The third-order valence-electron chi connectivity index (χ3n) is 6.10. The van der Waals surface area contributed by atoms with Crippen molar-refractivity contribution in [3.05, 3.63) is 114 Å². The highest BCUT2D eigenvalue weighted by Gasteiger charge is 2.33. The Labute approximate surface area is 208 Å². The van der Waals surface area contributed by atoms with Gasteiger partial charge in [0.2, 0.25) is 6.79 Å². The van der Waals surface area contributed by atoms with Crippen molar-refractivity contribution >= 4 is 17.4 Å². The molecule has 2 aliphatic rings. The molecule has 0 fully saturated rings. The van der Waals surface area contributed by atoms with Crippen LogP contribution in [0, 0.1) is 0 Å². The highest BCUT2D eigenvalue weighted by molar-refractivity contribution is 6.07. The summed E-state index contributed by atoms with van der Waals surface area (Å²) in [6.45, 7) is 0.623. The zero-order valence-corrected chi connectivity index (χ0v) is 19.3. The number of amides is 2. The van der Waals surface area contributed by atoms with Crippen LogP contribution in [-0.2, 0) is 0 Å². The van der Waals surface area contributed by atoms with Crippen LogP contribution in [0.15, 0.2) is 108 Å². The predicted octanol–water partition coefficient (Wildman–Crippen LogP) is 6.24. The van der Waals surface area contributed by atoms with E-state index >= 15 is 0 Å². The van der Waals surface area contributed by atoms with Crippen LogP contribution in [0.5, 0.6) is 23.0 Å². The molecular formula is C29H23N3O4.